The van der Waals surface area contributed by atoms with Gasteiger partial charge in [0.15, 0.2) is 17.3 Å². The summed E-state index contributed by atoms with van der Waals surface area (Å²) in [5.41, 5.74) is 2.48. The zero-order valence-corrected chi connectivity index (χ0v) is 23.9. The van der Waals surface area contributed by atoms with Crippen LogP contribution >= 0.6 is 11.3 Å². The van der Waals surface area contributed by atoms with Crippen molar-refractivity contribution >= 4 is 44.8 Å². The maximum atomic E-state index is 13.7. The van der Waals surface area contributed by atoms with Crippen LogP contribution in [0.3, 0.4) is 0 Å². The fraction of sp³-hybridized carbons (Fsp3) is 0.520. The second-order valence-corrected chi connectivity index (χ2v) is 12.2. The van der Waals surface area contributed by atoms with Crippen LogP contribution in [0.25, 0.3) is 0 Å². The highest BCUT2D eigenvalue weighted by atomic mass is 32.2. The monoisotopic (exact) mass is 581 g/mol. The number of para-hydroxylation sites is 1. The second kappa shape index (κ2) is 14.4. The molecule has 2 atom stereocenters. The first-order chi connectivity index (χ1) is 18.6. The van der Waals surface area contributed by atoms with Crippen molar-refractivity contribution in [1.82, 2.24) is 20.8 Å². The largest absolute Gasteiger partial charge is 0.350 e. The number of sulfonamides is 1. The molecule has 2 aromatic rings. The van der Waals surface area contributed by atoms with E-state index >= 15 is 0 Å². The molecule has 3 rings (SSSR count). The maximum absolute atomic E-state index is 13.7. The van der Waals surface area contributed by atoms with Gasteiger partial charge in [0.25, 0.3) is 11.8 Å². The van der Waals surface area contributed by atoms with E-state index in [1.807, 2.05) is 13.8 Å². The molecule has 0 bridgehead atoms. The molecule has 0 aliphatic carbocycles. The van der Waals surface area contributed by atoms with Crippen LogP contribution in [-0.2, 0) is 29.2 Å². The van der Waals surface area contributed by atoms with Gasteiger partial charge in [0.05, 0.1) is 11.9 Å². The second-order valence-electron chi connectivity index (χ2n) is 9.46. The molecule has 2 N–H and O–H groups in total. The van der Waals surface area contributed by atoms with Crippen molar-refractivity contribution in [3.63, 3.8) is 0 Å². The molecule has 14 heteroatoms. The standard InChI is InChI=1S/C25H35N5O7S2/c1-18(2)12-13-21(31)29(30(39(3,34)35)19-9-5-4-6-10-19)20(17-27-24(33)25-26-14-16-38-25)23(32)28-37-22-11-7-8-15-36-22/h4-6,9-10,14,16,18,20,22H,7-8,11-13,15,17H2,1-3H3,(H,27,33)(H,28,32)/t20-,22-/m1/s1. The molecule has 3 amide bonds. The number of hydroxylamine groups is 1. The molecule has 0 saturated carbocycles. The number of aromatic nitrogens is 1. The number of carbonyl (C=O) groups is 3. The van der Waals surface area contributed by atoms with Crippen LogP contribution in [-0.4, -0.2) is 67.9 Å². The molecule has 12 nitrogen and oxygen atoms in total. The molecule has 1 aromatic carbocycles. The van der Waals surface area contributed by atoms with Gasteiger partial charge < -0.3 is 10.1 Å². The molecular formula is C25H35N5O7S2. The minimum absolute atomic E-state index is 0.0344. The van der Waals surface area contributed by atoms with E-state index in [1.165, 1.54) is 18.3 Å². The molecule has 1 fully saturated rings. The molecule has 214 valence electrons. The fourth-order valence-corrected chi connectivity index (χ4v) is 5.43. The number of thiazole rings is 1. The number of carbonyl (C=O) groups excluding carboxylic acids is 3. The van der Waals surface area contributed by atoms with Gasteiger partial charge in [-0.15, -0.1) is 11.3 Å². The lowest BCUT2D eigenvalue weighted by molar-refractivity contribution is -0.202. The van der Waals surface area contributed by atoms with Gasteiger partial charge in [0.1, 0.15) is 0 Å². The Balaban J connectivity index is 1.99. The summed E-state index contributed by atoms with van der Waals surface area (Å²) >= 11 is 1.10. The number of anilines is 1. The van der Waals surface area contributed by atoms with Gasteiger partial charge in [-0.25, -0.2) is 28.7 Å². The van der Waals surface area contributed by atoms with Gasteiger partial charge in [0, 0.05) is 37.6 Å². The number of hydrazine groups is 1. The Kier molecular flexibility index (Phi) is 11.2. The van der Waals surface area contributed by atoms with Crippen LogP contribution in [0.15, 0.2) is 41.9 Å². The number of amides is 3. The third-order valence-electron chi connectivity index (χ3n) is 5.79. The topological polar surface area (TPSA) is 147 Å². The SMILES string of the molecule is CC(C)CCC(=O)N([C@H](CNC(=O)c1nccs1)C(=O)NO[C@@H]1CCCCO1)N(c1ccccc1)S(C)(=O)=O. The van der Waals surface area contributed by atoms with E-state index in [0.29, 0.717) is 19.4 Å². The number of rotatable bonds is 13. The molecule has 0 unspecified atom stereocenters. The minimum Gasteiger partial charge on any atom is -0.350 e. The zero-order chi connectivity index (χ0) is 28.4. The Morgan fingerprint density at radius 3 is 2.54 bits per heavy atom. The molecule has 1 saturated heterocycles. The highest BCUT2D eigenvalue weighted by Crippen LogP contribution is 2.24. The lowest BCUT2D eigenvalue weighted by atomic mass is 10.1. The van der Waals surface area contributed by atoms with E-state index in [9.17, 15) is 22.8 Å². The lowest BCUT2D eigenvalue weighted by Crippen LogP contribution is -2.62. The van der Waals surface area contributed by atoms with Crippen LogP contribution in [0.1, 0.15) is 55.8 Å². The van der Waals surface area contributed by atoms with Crippen molar-refractivity contribution in [1.29, 1.82) is 0 Å². The number of hydrogen-bond acceptors (Lipinski definition) is 9. The van der Waals surface area contributed by atoms with E-state index in [0.717, 1.165) is 39.9 Å². The van der Waals surface area contributed by atoms with Crippen molar-refractivity contribution in [3.05, 3.63) is 46.9 Å². The van der Waals surface area contributed by atoms with Crippen LogP contribution in [0.4, 0.5) is 5.69 Å². The van der Waals surface area contributed by atoms with E-state index in [2.05, 4.69) is 15.8 Å². The molecule has 1 aromatic heterocycles. The minimum atomic E-state index is -4.13. The van der Waals surface area contributed by atoms with Crippen molar-refractivity contribution in [2.75, 3.05) is 23.8 Å². The van der Waals surface area contributed by atoms with Gasteiger partial charge in [-0.3, -0.25) is 14.4 Å². The Hall–Kier alpha value is -3.07. The average Bonchev–Trinajstić information content (AvgIpc) is 3.45. The molecular weight excluding hydrogens is 546 g/mol. The predicted octanol–water partition coefficient (Wildman–Crippen LogP) is 2.46. The maximum Gasteiger partial charge on any atom is 0.280 e. The summed E-state index contributed by atoms with van der Waals surface area (Å²) in [6.07, 6.45) is 4.42. The fourth-order valence-electron chi connectivity index (χ4n) is 3.85. The summed E-state index contributed by atoms with van der Waals surface area (Å²) in [6, 6.07) is 6.47. The van der Waals surface area contributed by atoms with Crippen molar-refractivity contribution in [2.45, 2.75) is 58.3 Å². The summed E-state index contributed by atoms with van der Waals surface area (Å²) < 4.78 is 32.5. The normalized spacial score (nSPS) is 16.4. The molecule has 2 heterocycles. The number of nitrogens with zero attached hydrogens (tertiary/aromatic N) is 3. The molecule has 1 aliphatic heterocycles. The van der Waals surface area contributed by atoms with Gasteiger partial charge in [-0.05, 0) is 37.3 Å². The summed E-state index contributed by atoms with van der Waals surface area (Å²) in [7, 11) is -4.13. The van der Waals surface area contributed by atoms with Crippen LogP contribution in [0, 0.1) is 5.92 Å². The van der Waals surface area contributed by atoms with Crippen molar-refractivity contribution < 1.29 is 32.4 Å². The van der Waals surface area contributed by atoms with Gasteiger partial charge >= 0.3 is 0 Å². The number of hydrogen-bond donors (Lipinski definition) is 2. The molecule has 39 heavy (non-hydrogen) atoms. The Morgan fingerprint density at radius 2 is 1.95 bits per heavy atom. The highest BCUT2D eigenvalue weighted by molar-refractivity contribution is 7.92. The smallest absolute Gasteiger partial charge is 0.280 e. The molecule has 0 radical (unpaired) electrons. The number of benzene rings is 1. The van der Waals surface area contributed by atoms with Crippen molar-refractivity contribution in [3.8, 4) is 0 Å². The summed E-state index contributed by atoms with van der Waals surface area (Å²) in [5, 5.41) is 5.27. The van der Waals surface area contributed by atoms with Crippen molar-refractivity contribution in [2.24, 2.45) is 5.92 Å². The molecule has 0 spiro atoms. The number of nitrogens with one attached hydrogen (secondary N) is 2. The first-order valence-corrected chi connectivity index (χ1v) is 15.4. The zero-order valence-electron chi connectivity index (χ0n) is 22.2. The Morgan fingerprint density at radius 1 is 1.21 bits per heavy atom. The summed E-state index contributed by atoms with van der Waals surface area (Å²) in [6.45, 7) is 3.92. The first kappa shape index (κ1) is 30.5. The molecule has 1 aliphatic rings. The van der Waals surface area contributed by atoms with Crippen LogP contribution < -0.4 is 15.2 Å². The quantitative estimate of drug-likeness (QED) is 0.343. The van der Waals surface area contributed by atoms with Crippen LogP contribution in [0.2, 0.25) is 0 Å². The Bertz CT molecular complexity index is 1190. The van der Waals surface area contributed by atoms with Gasteiger partial charge in [-0.1, -0.05) is 32.0 Å². The Labute approximate surface area is 232 Å². The third-order valence-corrected chi connectivity index (χ3v) is 7.57. The average molecular weight is 582 g/mol. The van der Waals surface area contributed by atoms with Gasteiger partial charge in [0.2, 0.25) is 15.9 Å². The summed E-state index contributed by atoms with van der Waals surface area (Å²) in [5.74, 6) is -1.87. The third kappa shape index (κ3) is 8.98. The van der Waals surface area contributed by atoms with E-state index in [1.54, 1.807) is 23.6 Å². The van der Waals surface area contributed by atoms with Crippen LogP contribution in [0.5, 0.6) is 0 Å². The highest BCUT2D eigenvalue weighted by Gasteiger charge is 2.39. The predicted molar refractivity (Wildman–Crippen MR) is 146 cm³/mol. The van der Waals surface area contributed by atoms with E-state index < -0.39 is 46.6 Å². The van der Waals surface area contributed by atoms with E-state index in [-0.39, 0.29) is 23.0 Å². The first-order valence-electron chi connectivity index (χ1n) is 12.7. The lowest BCUT2D eigenvalue weighted by Gasteiger charge is -2.39. The number of ether oxygens (including phenoxy) is 1. The van der Waals surface area contributed by atoms with Gasteiger partial charge in [-0.2, -0.15) is 4.41 Å². The summed E-state index contributed by atoms with van der Waals surface area (Å²) in [4.78, 5) is 49.4. The van der Waals surface area contributed by atoms with E-state index in [4.69, 9.17) is 9.57 Å².